The second-order valence-corrected chi connectivity index (χ2v) is 7.72. The smallest absolute Gasteiger partial charge is 0.276 e. The summed E-state index contributed by atoms with van der Waals surface area (Å²) in [5, 5.41) is 13.3. The van der Waals surface area contributed by atoms with Gasteiger partial charge in [0.25, 0.3) is 5.91 Å². The Morgan fingerprint density at radius 3 is 2.96 bits per heavy atom. The molecule has 2 aromatic heterocycles. The molecule has 0 aliphatic carbocycles. The molecule has 3 N–H and O–H groups in total. The predicted octanol–water partition coefficient (Wildman–Crippen LogP) is -0.187. The molecule has 0 radical (unpaired) electrons. The molecule has 2 aromatic rings. The number of likely N-dealkylation sites (tertiary alicyclic amines) is 2. The van der Waals surface area contributed by atoms with E-state index in [0.29, 0.717) is 31.7 Å². The molecule has 0 saturated carbocycles. The third-order valence-electron chi connectivity index (χ3n) is 6.04. The van der Waals surface area contributed by atoms with Gasteiger partial charge in [0, 0.05) is 37.9 Å². The summed E-state index contributed by atoms with van der Waals surface area (Å²) in [6.45, 7) is 2.70. The lowest BCUT2D eigenvalue weighted by Gasteiger charge is -2.53. The van der Waals surface area contributed by atoms with Gasteiger partial charge in [-0.25, -0.2) is 4.98 Å². The molecule has 0 spiro atoms. The molecule has 0 aromatic carbocycles. The van der Waals surface area contributed by atoms with Crippen molar-refractivity contribution in [1.29, 1.82) is 0 Å². The fraction of sp³-hybridized carbons (Fsp3) is 0.611. The first-order chi connectivity index (χ1) is 13.6. The topological polar surface area (TPSA) is 123 Å². The molecule has 2 aliphatic heterocycles. The SMILES string of the molecule is CN1CC[C@]2(C(=O)NCCc3cnc[nH]3)CCCN(C(=O)c3cn[nH]n3)[C@H]2C1. The van der Waals surface area contributed by atoms with Gasteiger partial charge in [-0.2, -0.15) is 15.4 Å². The highest BCUT2D eigenvalue weighted by molar-refractivity contribution is 5.93. The van der Waals surface area contributed by atoms with Crippen molar-refractivity contribution in [2.45, 2.75) is 31.7 Å². The maximum Gasteiger partial charge on any atom is 0.276 e. The van der Waals surface area contributed by atoms with E-state index >= 15 is 0 Å². The molecule has 28 heavy (non-hydrogen) atoms. The molecular weight excluding hydrogens is 360 g/mol. The van der Waals surface area contributed by atoms with Crippen molar-refractivity contribution in [3.63, 3.8) is 0 Å². The van der Waals surface area contributed by atoms with E-state index in [4.69, 9.17) is 0 Å². The summed E-state index contributed by atoms with van der Waals surface area (Å²) >= 11 is 0. The molecule has 2 aliphatic rings. The summed E-state index contributed by atoms with van der Waals surface area (Å²) in [5.74, 6) is -0.119. The Hall–Kier alpha value is -2.75. The highest BCUT2D eigenvalue weighted by atomic mass is 16.2. The standard InChI is InChI=1S/C18H26N8O2/c1-25-8-5-18(17(28)20-6-3-13-9-19-12-21-13)4-2-7-26(15(18)11-25)16(27)14-10-22-24-23-14/h9-10,12,15H,2-8,11H2,1H3,(H,19,21)(H,20,28)(H,22,23,24)/t15-,18+/m0/s1. The van der Waals surface area contributed by atoms with Crippen LogP contribution in [0.4, 0.5) is 0 Å². The maximum atomic E-state index is 13.3. The number of aromatic amines is 2. The molecule has 2 saturated heterocycles. The number of nitrogens with one attached hydrogen (secondary N) is 3. The summed E-state index contributed by atoms with van der Waals surface area (Å²) in [6, 6.07) is -0.170. The molecule has 10 nitrogen and oxygen atoms in total. The van der Waals surface area contributed by atoms with E-state index < -0.39 is 5.41 Å². The number of piperidine rings is 2. The van der Waals surface area contributed by atoms with Crippen molar-refractivity contribution in [3.05, 3.63) is 30.1 Å². The van der Waals surface area contributed by atoms with Crippen LogP contribution in [-0.2, 0) is 11.2 Å². The van der Waals surface area contributed by atoms with Gasteiger partial charge in [-0.1, -0.05) is 0 Å². The number of rotatable bonds is 5. The van der Waals surface area contributed by atoms with Crippen LogP contribution in [0.1, 0.15) is 35.4 Å². The minimum absolute atomic E-state index is 0.0442. The van der Waals surface area contributed by atoms with E-state index in [9.17, 15) is 9.59 Å². The van der Waals surface area contributed by atoms with Crippen molar-refractivity contribution in [2.24, 2.45) is 5.41 Å². The Morgan fingerprint density at radius 2 is 2.21 bits per heavy atom. The second kappa shape index (κ2) is 7.70. The van der Waals surface area contributed by atoms with Crippen molar-refractivity contribution in [1.82, 2.24) is 40.5 Å². The molecule has 4 rings (SSSR count). The third-order valence-corrected chi connectivity index (χ3v) is 6.04. The van der Waals surface area contributed by atoms with E-state index in [2.05, 4.69) is 35.6 Å². The second-order valence-electron chi connectivity index (χ2n) is 7.72. The van der Waals surface area contributed by atoms with Crippen molar-refractivity contribution in [2.75, 3.05) is 33.2 Å². The first-order valence-corrected chi connectivity index (χ1v) is 9.71. The predicted molar refractivity (Wildman–Crippen MR) is 100 cm³/mol. The van der Waals surface area contributed by atoms with E-state index in [-0.39, 0.29) is 17.9 Å². The van der Waals surface area contributed by atoms with Crippen molar-refractivity contribution in [3.8, 4) is 0 Å². The molecule has 0 bridgehead atoms. The Kier molecular flexibility index (Phi) is 5.12. The first kappa shape index (κ1) is 18.6. The lowest BCUT2D eigenvalue weighted by molar-refractivity contribution is -0.142. The Morgan fingerprint density at radius 1 is 1.32 bits per heavy atom. The van der Waals surface area contributed by atoms with Gasteiger partial charge < -0.3 is 20.1 Å². The number of hydrogen-bond donors (Lipinski definition) is 3. The lowest BCUT2D eigenvalue weighted by Crippen LogP contribution is -2.66. The van der Waals surface area contributed by atoms with Crippen LogP contribution in [0.15, 0.2) is 18.7 Å². The zero-order valence-corrected chi connectivity index (χ0v) is 16.0. The summed E-state index contributed by atoms with van der Waals surface area (Å²) in [4.78, 5) is 37.4. The highest BCUT2D eigenvalue weighted by Gasteiger charge is 2.53. The molecule has 0 unspecified atom stereocenters. The number of aromatic nitrogens is 5. The molecule has 150 valence electrons. The number of hydrogen-bond acceptors (Lipinski definition) is 6. The summed E-state index contributed by atoms with van der Waals surface area (Å²) in [5.41, 5.74) is 0.728. The molecule has 4 heterocycles. The molecule has 2 fully saturated rings. The molecule has 2 atom stereocenters. The molecule has 10 heteroatoms. The van der Waals surface area contributed by atoms with Gasteiger partial charge in [0.05, 0.1) is 24.0 Å². The highest BCUT2D eigenvalue weighted by Crippen LogP contribution is 2.42. The quantitative estimate of drug-likeness (QED) is 0.655. The Labute approximate surface area is 163 Å². The number of carbonyl (C=O) groups excluding carboxylic acids is 2. The number of H-pyrrole nitrogens is 2. The molecular formula is C18H26N8O2. The van der Waals surface area contributed by atoms with Gasteiger partial charge in [0.1, 0.15) is 0 Å². The van der Waals surface area contributed by atoms with Crippen molar-refractivity contribution >= 4 is 11.8 Å². The largest absolute Gasteiger partial charge is 0.355 e. The summed E-state index contributed by atoms with van der Waals surface area (Å²) in [7, 11) is 2.04. The van der Waals surface area contributed by atoms with E-state index in [1.54, 1.807) is 12.5 Å². The van der Waals surface area contributed by atoms with Gasteiger partial charge in [-0.05, 0) is 32.9 Å². The summed E-state index contributed by atoms with van der Waals surface area (Å²) < 4.78 is 0. The Bertz CT molecular complexity index is 806. The number of likely N-dealkylation sites (N-methyl/N-ethyl adjacent to an activating group) is 1. The number of amides is 2. The van der Waals surface area contributed by atoms with Crippen LogP contribution >= 0.6 is 0 Å². The molecule has 2 amide bonds. The zero-order chi connectivity index (χ0) is 19.6. The minimum Gasteiger partial charge on any atom is -0.355 e. The average molecular weight is 386 g/mol. The van der Waals surface area contributed by atoms with Crippen LogP contribution in [0.5, 0.6) is 0 Å². The van der Waals surface area contributed by atoms with Crippen LogP contribution in [0, 0.1) is 5.41 Å². The van der Waals surface area contributed by atoms with Gasteiger partial charge in [0.2, 0.25) is 5.91 Å². The van der Waals surface area contributed by atoms with Crippen LogP contribution < -0.4 is 5.32 Å². The van der Waals surface area contributed by atoms with Gasteiger partial charge in [0.15, 0.2) is 5.69 Å². The minimum atomic E-state index is -0.557. The van der Waals surface area contributed by atoms with Gasteiger partial charge in [-0.15, -0.1) is 0 Å². The van der Waals surface area contributed by atoms with Gasteiger partial charge in [-0.3, -0.25) is 9.59 Å². The maximum absolute atomic E-state index is 13.3. The van der Waals surface area contributed by atoms with Crippen LogP contribution in [-0.4, -0.2) is 86.3 Å². The monoisotopic (exact) mass is 386 g/mol. The Balaban J connectivity index is 1.52. The average Bonchev–Trinajstić information content (AvgIpc) is 3.41. The van der Waals surface area contributed by atoms with Crippen LogP contribution in [0.3, 0.4) is 0 Å². The zero-order valence-electron chi connectivity index (χ0n) is 16.0. The van der Waals surface area contributed by atoms with E-state index in [1.807, 2.05) is 11.9 Å². The van der Waals surface area contributed by atoms with Crippen LogP contribution in [0.25, 0.3) is 0 Å². The van der Waals surface area contributed by atoms with Crippen molar-refractivity contribution < 1.29 is 9.59 Å². The fourth-order valence-corrected chi connectivity index (χ4v) is 4.51. The summed E-state index contributed by atoms with van der Waals surface area (Å²) in [6.07, 6.45) is 7.89. The third kappa shape index (κ3) is 3.39. The number of carbonyl (C=O) groups is 2. The number of fused-ring (bicyclic) bond motifs is 1. The number of nitrogens with zero attached hydrogens (tertiary/aromatic N) is 5. The number of imidazole rings is 1. The lowest BCUT2D eigenvalue weighted by atomic mass is 9.67. The van der Waals surface area contributed by atoms with Gasteiger partial charge >= 0.3 is 0 Å². The van der Waals surface area contributed by atoms with E-state index in [0.717, 1.165) is 31.5 Å². The fourth-order valence-electron chi connectivity index (χ4n) is 4.51. The van der Waals surface area contributed by atoms with Crippen LogP contribution in [0.2, 0.25) is 0 Å². The normalized spacial score (nSPS) is 25.3. The van der Waals surface area contributed by atoms with E-state index in [1.165, 1.54) is 6.20 Å². The first-order valence-electron chi connectivity index (χ1n) is 9.71.